The number of hydrogen-bond acceptors (Lipinski definition) is 0. The van der Waals surface area contributed by atoms with E-state index >= 15 is 0 Å². The molecule has 0 spiro atoms. The van der Waals surface area contributed by atoms with Crippen molar-refractivity contribution in [1.82, 2.24) is 0 Å². The number of allylic oxidation sites excluding steroid dienone is 8. The lowest BCUT2D eigenvalue weighted by molar-refractivity contribution is 0.571. The van der Waals surface area contributed by atoms with Crippen molar-refractivity contribution in [1.29, 1.82) is 0 Å². The maximum atomic E-state index is 2.35. The van der Waals surface area contributed by atoms with Gasteiger partial charge in [0.2, 0.25) is 0 Å². The first kappa shape index (κ1) is 22.0. The highest BCUT2D eigenvalue weighted by atomic mass is 14.0. The third-order valence-corrected chi connectivity index (χ3v) is 4.01. The molecular formula is C23H40. The molecule has 0 aliphatic carbocycles. The van der Waals surface area contributed by atoms with E-state index in [-0.39, 0.29) is 0 Å². The molecule has 0 fully saturated rings. The fourth-order valence-electron chi connectivity index (χ4n) is 2.58. The van der Waals surface area contributed by atoms with Crippen LogP contribution in [-0.4, -0.2) is 0 Å². The van der Waals surface area contributed by atoms with Gasteiger partial charge in [0.25, 0.3) is 0 Å². The molecule has 0 N–H and O–H groups in total. The minimum atomic E-state index is 1.08. The van der Waals surface area contributed by atoms with Gasteiger partial charge in [0, 0.05) is 0 Å². The van der Waals surface area contributed by atoms with Crippen molar-refractivity contribution in [3.8, 4) is 0 Å². The van der Waals surface area contributed by atoms with Crippen LogP contribution in [0.15, 0.2) is 48.6 Å². The van der Waals surface area contributed by atoms with Crippen LogP contribution in [0.3, 0.4) is 0 Å². The van der Waals surface area contributed by atoms with E-state index in [1.54, 1.807) is 0 Å². The van der Waals surface area contributed by atoms with Gasteiger partial charge in [0.1, 0.15) is 0 Å². The van der Waals surface area contributed by atoms with Gasteiger partial charge < -0.3 is 0 Å². The zero-order valence-corrected chi connectivity index (χ0v) is 15.8. The second kappa shape index (κ2) is 21.0. The third-order valence-electron chi connectivity index (χ3n) is 4.01. The van der Waals surface area contributed by atoms with E-state index in [4.69, 9.17) is 0 Å². The molecule has 0 aliphatic rings. The van der Waals surface area contributed by atoms with Crippen LogP contribution in [0.25, 0.3) is 0 Å². The van der Waals surface area contributed by atoms with Crippen LogP contribution in [0.2, 0.25) is 0 Å². The third kappa shape index (κ3) is 21.0. The standard InChI is InChI=1S/C23H40/c1-3-5-7-9-11-13-15-17-19-21-23-22-20-18-16-14-12-10-8-6-4-2/h3,5-6,8,12,14,18,20H,4,7,9-11,13,15-17,19,21-23H2,1-2H3/b5-3+,8-6-,14-12-,20-18-. The molecule has 0 saturated heterocycles. The highest BCUT2D eigenvalue weighted by Crippen LogP contribution is 2.11. The van der Waals surface area contributed by atoms with E-state index in [0.29, 0.717) is 0 Å². The Hall–Kier alpha value is -1.04. The molecule has 0 rings (SSSR count). The molecule has 0 amide bonds. The van der Waals surface area contributed by atoms with Crippen molar-refractivity contribution < 1.29 is 0 Å². The first-order valence-corrected chi connectivity index (χ1v) is 9.98. The SMILES string of the molecule is C/C=C/CCCCCCCCCC/C=C\C/C=C\C/C=C\CC. The van der Waals surface area contributed by atoms with E-state index in [9.17, 15) is 0 Å². The summed E-state index contributed by atoms with van der Waals surface area (Å²) in [7, 11) is 0. The maximum Gasteiger partial charge on any atom is -0.0169 e. The topological polar surface area (TPSA) is 0 Å². The molecule has 0 nitrogen and oxygen atoms in total. The summed E-state index contributed by atoms with van der Waals surface area (Å²) < 4.78 is 0. The van der Waals surface area contributed by atoms with Crippen LogP contribution in [0, 0.1) is 0 Å². The maximum absolute atomic E-state index is 2.35. The second-order valence-electron chi connectivity index (χ2n) is 6.27. The van der Waals surface area contributed by atoms with Crippen LogP contribution in [0.4, 0.5) is 0 Å². The summed E-state index contributed by atoms with van der Waals surface area (Å²) in [5, 5.41) is 0. The minimum Gasteiger partial charge on any atom is -0.0917 e. The highest BCUT2D eigenvalue weighted by Gasteiger charge is 1.91. The first-order valence-electron chi connectivity index (χ1n) is 9.98. The molecule has 0 atom stereocenters. The average molecular weight is 317 g/mol. The second-order valence-corrected chi connectivity index (χ2v) is 6.27. The zero-order chi connectivity index (χ0) is 16.8. The van der Waals surface area contributed by atoms with Gasteiger partial charge >= 0.3 is 0 Å². The smallest absolute Gasteiger partial charge is 0.0169 e. The predicted octanol–water partition coefficient (Wildman–Crippen LogP) is 8.32. The summed E-state index contributed by atoms with van der Waals surface area (Å²) in [4.78, 5) is 0. The number of rotatable bonds is 16. The minimum absolute atomic E-state index is 1.08. The van der Waals surface area contributed by atoms with Crippen molar-refractivity contribution in [2.24, 2.45) is 0 Å². The Morgan fingerprint density at radius 2 is 0.913 bits per heavy atom. The summed E-state index contributed by atoms with van der Waals surface area (Å²) >= 11 is 0. The van der Waals surface area contributed by atoms with E-state index < -0.39 is 0 Å². The Labute approximate surface area is 146 Å². The Morgan fingerprint density at radius 3 is 1.43 bits per heavy atom. The fraction of sp³-hybridized carbons (Fsp3) is 0.652. The van der Waals surface area contributed by atoms with Gasteiger partial charge in [-0.2, -0.15) is 0 Å². The number of unbranched alkanes of at least 4 members (excludes halogenated alkanes) is 9. The van der Waals surface area contributed by atoms with Crippen molar-refractivity contribution in [2.45, 2.75) is 97.3 Å². The Bertz CT molecular complexity index is 317. The molecular weight excluding hydrogens is 276 g/mol. The van der Waals surface area contributed by atoms with E-state index in [1.807, 2.05) is 0 Å². The lowest BCUT2D eigenvalue weighted by Crippen LogP contribution is -1.81. The van der Waals surface area contributed by atoms with Gasteiger partial charge in [-0.1, -0.05) is 94.1 Å². The molecule has 0 unspecified atom stereocenters. The Morgan fingerprint density at radius 1 is 0.478 bits per heavy atom. The van der Waals surface area contributed by atoms with Crippen LogP contribution in [0.5, 0.6) is 0 Å². The quantitative estimate of drug-likeness (QED) is 0.198. The van der Waals surface area contributed by atoms with Crippen molar-refractivity contribution in [3.05, 3.63) is 48.6 Å². The molecule has 23 heavy (non-hydrogen) atoms. The highest BCUT2D eigenvalue weighted by molar-refractivity contribution is 4.96. The molecule has 0 heteroatoms. The number of hydrogen-bond donors (Lipinski definition) is 0. The molecule has 0 saturated carbocycles. The summed E-state index contributed by atoms with van der Waals surface area (Å²) in [5.74, 6) is 0. The van der Waals surface area contributed by atoms with Gasteiger partial charge in [-0.05, 0) is 51.9 Å². The summed E-state index contributed by atoms with van der Waals surface area (Å²) in [6.07, 6.45) is 35.2. The van der Waals surface area contributed by atoms with Crippen molar-refractivity contribution in [2.75, 3.05) is 0 Å². The van der Waals surface area contributed by atoms with Crippen molar-refractivity contribution in [3.63, 3.8) is 0 Å². The molecule has 0 aliphatic heterocycles. The molecule has 0 heterocycles. The van der Waals surface area contributed by atoms with E-state index in [0.717, 1.165) is 19.3 Å². The molecule has 132 valence electrons. The molecule has 0 aromatic heterocycles. The van der Waals surface area contributed by atoms with Gasteiger partial charge in [-0.25, -0.2) is 0 Å². The fourth-order valence-corrected chi connectivity index (χ4v) is 2.58. The van der Waals surface area contributed by atoms with E-state index in [1.165, 1.54) is 64.2 Å². The van der Waals surface area contributed by atoms with Crippen LogP contribution in [-0.2, 0) is 0 Å². The van der Waals surface area contributed by atoms with Crippen molar-refractivity contribution >= 4 is 0 Å². The first-order chi connectivity index (χ1) is 11.4. The van der Waals surface area contributed by atoms with Crippen LogP contribution >= 0.6 is 0 Å². The molecule has 0 bridgehead atoms. The zero-order valence-electron chi connectivity index (χ0n) is 15.8. The van der Waals surface area contributed by atoms with Gasteiger partial charge in [-0.3, -0.25) is 0 Å². The Kier molecular flexibility index (Phi) is 20.0. The molecule has 0 radical (unpaired) electrons. The Balaban J connectivity index is 3.17. The van der Waals surface area contributed by atoms with Crippen LogP contribution < -0.4 is 0 Å². The molecule has 0 aromatic rings. The predicted molar refractivity (Wildman–Crippen MR) is 108 cm³/mol. The van der Waals surface area contributed by atoms with E-state index in [2.05, 4.69) is 62.5 Å². The largest absolute Gasteiger partial charge is 0.0917 e. The lowest BCUT2D eigenvalue weighted by Gasteiger charge is -2.00. The van der Waals surface area contributed by atoms with Crippen LogP contribution in [0.1, 0.15) is 97.3 Å². The summed E-state index contributed by atoms with van der Waals surface area (Å²) in [5.41, 5.74) is 0. The lowest BCUT2D eigenvalue weighted by atomic mass is 10.1. The van der Waals surface area contributed by atoms with Gasteiger partial charge in [-0.15, -0.1) is 0 Å². The average Bonchev–Trinajstić information content (AvgIpc) is 2.57. The monoisotopic (exact) mass is 316 g/mol. The summed E-state index contributed by atoms with van der Waals surface area (Å²) in [6.45, 7) is 4.29. The summed E-state index contributed by atoms with van der Waals surface area (Å²) in [6, 6.07) is 0. The van der Waals surface area contributed by atoms with Gasteiger partial charge in [0.05, 0.1) is 0 Å². The normalized spacial score (nSPS) is 12.6. The van der Waals surface area contributed by atoms with Gasteiger partial charge in [0.15, 0.2) is 0 Å². The molecule has 0 aromatic carbocycles.